The van der Waals surface area contributed by atoms with Crippen molar-refractivity contribution in [2.45, 2.75) is 77.3 Å². The molecule has 0 unspecified atom stereocenters. The van der Waals surface area contributed by atoms with E-state index in [-0.39, 0.29) is 0 Å². The van der Waals surface area contributed by atoms with E-state index in [4.69, 9.17) is 5.73 Å². The van der Waals surface area contributed by atoms with E-state index in [1.54, 1.807) is 5.57 Å². The van der Waals surface area contributed by atoms with Crippen molar-refractivity contribution in [2.75, 3.05) is 13.6 Å². The van der Waals surface area contributed by atoms with E-state index in [1.807, 2.05) is 0 Å². The predicted octanol–water partition coefficient (Wildman–Crippen LogP) is 4.21. The predicted molar refractivity (Wildman–Crippen MR) is 99.6 cm³/mol. The summed E-state index contributed by atoms with van der Waals surface area (Å²) < 4.78 is 0. The summed E-state index contributed by atoms with van der Waals surface area (Å²) in [5.74, 6) is 3.89. The Balaban J connectivity index is 1.49. The van der Waals surface area contributed by atoms with Crippen LogP contribution >= 0.6 is 0 Å². The first-order valence-electron chi connectivity index (χ1n) is 10.6. The molecule has 0 radical (unpaired) electrons. The Kier molecular flexibility index (Phi) is 3.37. The summed E-state index contributed by atoms with van der Waals surface area (Å²) in [6, 6.07) is 1.24. The lowest BCUT2D eigenvalue weighted by Gasteiger charge is -2.58. The molecular weight excluding hydrogens is 292 g/mol. The van der Waals surface area contributed by atoms with Gasteiger partial charge in [0.15, 0.2) is 0 Å². The Morgan fingerprint density at radius 3 is 2.71 bits per heavy atom. The lowest BCUT2D eigenvalue weighted by Crippen LogP contribution is -2.52. The van der Waals surface area contributed by atoms with Crippen LogP contribution in [0, 0.1) is 34.5 Å². The largest absolute Gasteiger partial charge is 0.327 e. The number of nitrogens with zero attached hydrogens (tertiary/aromatic N) is 1. The molecule has 134 valence electrons. The molecule has 2 heteroatoms. The second-order valence-electron chi connectivity index (χ2n) is 10.4. The molecule has 2 nitrogen and oxygen atoms in total. The van der Waals surface area contributed by atoms with Gasteiger partial charge in [-0.15, -0.1) is 0 Å². The fourth-order valence-electron chi connectivity index (χ4n) is 8.49. The van der Waals surface area contributed by atoms with Crippen LogP contribution in [0.4, 0.5) is 0 Å². The van der Waals surface area contributed by atoms with Crippen molar-refractivity contribution >= 4 is 0 Å². The molecule has 24 heavy (non-hydrogen) atoms. The van der Waals surface area contributed by atoms with Crippen LogP contribution in [0.3, 0.4) is 0 Å². The average Bonchev–Trinajstić information content (AvgIpc) is 3.03. The third kappa shape index (κ3) is 1.85. The monoisotopic (exact) mass is 328 g/mol. The van der Waals surface area contributed by atoms with Gasteiger partial charge in [-0.3, -0.25) is 0 Å². The normalized spacial score (nSPS) is 56.9. The van der Waals surface area contributed by atoms with Crippen LogP contribution in [-0.4, -0.2) is 30.6 Å². The van der Waals surface area contributed by atoms with Gasteiger partial charge in [-0.2, -0.15) is 0 Å². The molecule has 1 aliphatic heterocycles. The van der Waals surface area contributed by atoms with Crippen LogP contribution in [0.5, 0.6) is 0 Å². The third-order valence-corrected chi connectivity index (χ3v) is 9.75. The lowest BCUT2D eigenvalue weighted by atomic mass is 9.47. The van der Waals surface area contributed by atoms with E-state index in [2.05, 4.69) is 31.9 Å². The minimum Gasteiger partial charge on any atom is -0.327 e. The highest BCUT2D eigenvalue weighted by molar-refractivity contribution is 5.26. The van der Waals surface area contributed by atoms with E-state index >= 15 is 0 Å². The first-order chi connectivity index (χ1) is 11.5. The summed E-state index contributed by atoms with van der Waals surface area (Å²) in [5, 5.41) is 0. The van der Waals surface area contributed by atoms with Crippen LogP contribution < -0.4 is 5.73 Å². The molecule has 3 saturated carbocycles. The number of fused-ring (bicyclic) bond motifs is 4. The molecule has 0 aromatic carbocycles. The molecule has 0 aromatic rings. The van der Waals surface area contributed by atoms with E-state index in [0.29, 0.717) is 16.9 Å². The van der Waals surface area contributed by atoms with Gasteiger partial charge in [0, 0.05) is 18.6 Å². The van der Waals surface area contributed by atoms with Crippen molar-refractivity contribution in [3.8, 4) is 0 Å². The molecule has 0 bridgehead atoms. The smallest absolute Gasteiger partial charge is 0.00982 e. The zero-order valence-electron chi connectivity index (χ0n) is 15.9. The molecule has 0 amide bonds. The minimum atomic E-state index is 0.427. The second kappa shape index (κ2) is 5.10. The highest BCUT2D eigenvalue weighted by Crippen LogP contribution is 2.68. The zero-order valence-corrected chi connectivity index (χ0v) is 15.9. The average molecular weight is 329 g/mol. The first-order valence-corrected chi connectivity index (χ1v) is 10.6. The molecule has 5 rings (SSSR count). The molecule has 5 aliphatic rings. The molecule has 2 N–H and O–H groups in total. The molecule has 1 spiro atoms. The van der Waals surface area contributed by atoms with Gasteiger partial charge in [-0.25, -0.2) is 0 Å². The fraction of sp³-hybridized carbons (Fsp3) is 0.909. The maximum atomic E-state index is 6.31. The van der Waals surface area contributed by atoms with Gasteiger partial charge in [0.05, 0.1) is 0 Å². The molecule has 4 aliphatic carbocycles. The molecule has 1 heterocycles. The van der Waals surface area contributed by atoms with Crippen LogP contribution in [0.1, 0.15) is 65.2 Å². The number of nitrogens with two attached hydrogens (primary N) is 1. The lowest BCUT2D eigenvalue weighted by molar-refractivity contribution is -0.0397. The highest BCUT2D eigenvalue weighted by atomic mass is 15.2. The van der Waals surface area contributed by atoms with E-state index < -0.39 is 0 Å². The van der Waals surface area contributed by atoms with Crippen molar-refractivity contribution in [1.82, 2.24) is 4.90 Å². The zero-order chi connectivity index (χ0) is 16.7. The van der Waals surface area contributed by atoms with Crippen molar-refractivity contribution in [2.24, 2.45) is 40.2 Å². The van der Waals surface area contributed by atoms with Crippen molar-refractivity contribution in [3.05, 3.63) is 11.6 Å². The molecule has 1 saturated heterocycles. The maximum Gasteiger partial charge on any atom is 0.00982 e. The van der Waals surface area contributed by atoms with E-state index in [9.17, 15) is 0 Å². The SMILES string of the molecule is C[C@H]1[C@H]2CC[C@H]3[C@@H]4CC=C5C[C@@H](N)CC[C@]5(C)[C@H]4CC[C@]23CN1C. The Morgan fingerprint density at radius 1 is 1.08 bits per heavy atom. The number of rotatable bonds is 0. The van der Waals surface area contributed by atoms with Gasteiger partial charge in [-0.1, -0.05) is 18.6 Å². The molecule has 8 atom stereocenters. The quantitative estimate of drug-likeness (QED) is 0.675. The standard InChI is InChI=1S/C22H36N2/c1-14-18-6-7-20-17-5-4-15-12-16(23)8-10-21(15,2)19(17)9-11-22(18,20)13-24(14)3/h4,14,16-20H,5-13,23H2,1-3H3/t14-,16-,17+,18+,19-,20-,21-,22-/m0/s1. The summed E-state index contributed by atoms with van der Waals surface area (Å²) in [6.07, 6.45) is 13.8. The van der Waals surface area contributed by atoms with Crippen molar-refractivity contribution < 1.29 is 0 Å². The van der Waals surface area contributed by atoms with E-state index in [1.165, 1.54) is 57.9 Å². The first kappa shape index (κ1) is 15.9. The van der Waals surface area contributed by atoms with E-state index in [0.717, 1.165) is 29.7 Å². The Morgan fingerprint density at radius 2 is 1.88 bits per heavy atom. The number of hydrogen-bond acceptors (Lipinski definition) is 2. The molecular formula is C22H36N2. The van der Waals surface area contributed by atoms with Gasteiger partial charge < -0.3 is 10.6 Å². The fourth-order valence-corrected chi connectivity index (χ4v) is 8.49. The summed E-state index contributed by atoms with van der Waals surface area (Å²) in [6.45, 7) is 6.48. The second-order valence-corrected chi connectivity index (χ2v) is 10.4. The van der Waals surface area contributed by atoms with Crippen LogP contribution in [0.2, 0.25) is 0 Å². The van der Waals surface area contributed by atoms with Gasteiger partial charge in [0.2, 0.25) is 0 Å². The number of likely N-dealkylation sites (tertiary alicyclic amines) is 1. The number of hydrogen-bond donors (Lipinski definition) is 1. The Hall–Kier alpha value is -0.340. The highest BCUT2D eigenvalue weighted by Gasteiger charge is 2.63. The Bertz CT molecular complexity index is 568. The molecule has 0 aromatic heterocycles. The van der Waals surface area contributed by atoms with Gasteiger partial charge >= 0.3 is 0 Å². The summed E-state index contributed by atoms with van der Waals surface area (Å²) >= 11 is 0. The molecule has 4 fully saturated rings. The van der Waals surface area contributed by atoms with Crippen molar-refractivity contribution in [1.29, 1.82) is 0 Å². The topological polar surface area (TPSA) is 29.3 Å². The van der Waals surface area contributed by atoms with Gasteiger partial charge in [0.1, 0.15) is 0 Å². The van der Waals surface area contributed by atoms with Gasteiger partial charge in [-0.05, 0) is 99.8 Å². The van der Waals surface area contributed by atoms with Crippen LogP contribution in [0.15, 0.2) is 11.6 Å². The summed E-state index contributed by atoms with van der Waals surface area (Å²) in [7, 11) is 2.38. The summed E-state index contributed by atoms with van der Waals surface area (Å²) in [4.78, 5) is 2.68. The van der Waals surface area contributed by atoms with Crippen molar-refractivity contribution in [3.63, 3.8) is 0 Å². The van der Waals surface area contributed by atoms with Gasteiger partial charge in [0.25, 0.3) is 0 Å². The Labute approximate surface area is 148 Å². The minimum absolute atomic E-state index is 0.427. The third-order valence-electron chi connectivity index (χ3n) is 9.75. The maximum absolute atomic E-state index is 6.31. The van der Waals surface area contributed by atoms with Crippen LogP contribution in [-0.2, 0) is 0 Å². The summed E-state index contributed by atoms with van der Waals surface area (Å²) in [5.41, 5.74) is 9.20. The van der Waals surface area contributed by atoms with Crippen LogP contribution in [0.25, 0.3) is 0 Å². The number of allylic oxidation sites excluding steroid dienone is 1.